The number of carbonyl (C=O) groups excluding carboxylic acids is 1. The maximum atomic E-state index is 11.6. The van der Waals surface area contributed by atoms with Gasteiger partial charge >= 0.3 is 5.97 Å². The predicted molar refractivity (Wildman–Crippen MR) is 106 cm³/mol. The first-order chi connectivity index (χ1) is 14.5. The van der Waals surface area contributed by atoms with Gasteiger partial charge in [-0.1, -0.05) is 6.07 Å². The molecule has 9 heteroatoms. The zero-order chi connectivity index (χ0) is 21.3. The summed E-state index contributed by atoms with van der Waals surface area (Å²) in [6.07, 6.45) is 4.34. The summed E-state index contributed by atoms with van der Waals surface area (Å²) in [4.78, 5) is 20.2. The van der Waals surface area contributed by atoms with Crippen molar-refractivity contribution in [1.29, 1.82) is 5.26 Å². The molecule has 1 aromatic carbocycles. The van der Waals surface area contributed by atoms with Crippen molar-refractivity contribution in [2.24, 2.45) is 0 Å². The van der Waals surface area contributed by atoms with Crippen LogP contribution >= 0.6 is 0 Å². The number of cyclic esters (lactones) is 1. The first-order valence-corrected chi connectivity index (χ1v) is 9.44. The van der Waals surface area contributed by atoms with E-state index in [4.69, 9.17) is 10.00 Å². The first-order valence-electron chi connectivity index (χ1n) is 9.44. The fraction of sp³-hybridized carbons (Fsp3) is 0.286. The van der Waals surface area contributed by atoms with E-state index in [1.54, 1.807) is 37.6 Å². The van der Waals surface area contributed by atoms with Gasteiger partial charge in [0.2, 0.25) is 5.95 Å². The number of rotatable bonds is 6. The highest BCUT2D eigenvalue weighted by molar-refractivity contribution is 5.93. The van der Waals surface area contributed by atoms with Crippen LogP contribution in [0.15, 0.2) is 30.7 Å². The lowest BCUT2D eigenvalue weighted by Crippen LogP contribution is -2.22. The van der Waals surface area contributed by atoms with Gasteiger partial charge in [-0.15, -0.1) is 0 Å². The van der Waals surface area contributed by atoms with Crippen LogP contribution in [0.2, 0.25) is 0 Å². The highest BCUT2D eigenvalue weighted by atomic mass is 16.5. The minimum Gasteiger partial charge on any atom is -0.457 e. The molecule has 152 valence electrons. The molecule has 1 aliphatic heterocycles. The Morgan fingerprint density at radius 3 is 2.80 bits per heavy atom. The van der Waals surface area contributed by atoms with Crippen molar-refractivity contribution < 1.29 is 14.6 Å². The lowest BCUT2D eigenvalue weighted by molar-refractivity contribution is 0.0535. The Hall–Kier alpha value is -3.61. The summed E-state index contributed by atoms with van der Waals surface area (Å²) in [5, 5.41) is 26.9. The van der Waals surface area contributed by atoms with Crippen molar-refractivity contribution in [3.05, 3.63) is 69.8 Å². The number of hydrogen-bond acceptors (Lipinski definition) is 8. The van der Waals surface area contributed by atoms with E-state index in [1.165, 1.54) is 4.68 Å². The number of aliphatic hydroxyl groups excluding tert-OH is 1. The minimum atomic E-state index is -0.720. The van der Waals surface area contributed by atoms with Gasteiger partial charge in [0.1, 0.15) is 12.7 Å². The molecule has 0 aliphatic carbocycles. The molecule has 0 radical (unpaired) electrons. The van der Waals surface area contributed by atoms with Gasteiger partial charge in [0.05, 0.1) is 11.7 Å². The van der Waals surface area contributed by atoms with Crippen molar-refractivity contribution in [2.75, 3.05) is 6.54 Å². The summed E-state index contributed by atoms with van der Waals surface area (Å²) in [5.74, 6) is 0.0683. The molecule has 3 aromatic rings. The normalized spacial score (nSPS) is 13.6. The second-order valence-electron chi connectivity index (χ2n) is 7.14. The average Bonchev–Trinajstić information content (AvgIpc) is 3.31. The molecule has 3 heterocycles. The number of aliphatic hydroxyl groups is 1. The molecule has 1 atom stereocenters. The van der Waals surface area contributed by atoms with Crippen LogP contribution in [0, 0.1) is 25.2 Å². The molecule has 2 aromatic heterocycles. The zero-order valence-corrected chi connectivity index (χ0v) is 16.6. The fourth-order valence-electron chi connectivity index (χ4n) is 3.42. The summed E-state index contributed by atoms with van der Waals surface area (Å²) in [5.41, 5.74) is 5.02. The summed E-state index contributed by atoms with van der Waals surface area (Å²) in [6.45, 7) is 4.76. The fourth-order valence-corrected chi connectivity index (χ4v) is 3.42. The topological polar surface area (TPSA) is 126 Å². The Bertz CT molecular complexity index is 1150. The average molecular weight is 404 g/mol. The highest BCUT2D eigenvalue weighted by Crippen LogP contribution is 2.28. The quantitative estimate of drug-likeness (QED) is 0.594. The smallest absolute Gasteiger partial charge is 0.338 e. The molecule has 0 saturated carbocycles. The van der Waals surface area contributed by atoms with Crippen LogP contribution in [0.5, 0.6) is 0 Å². The van der Waals surface area contributed by atoms with E-state index < -0.39 is 6.10 Å². The van der Waals surface area contributed by atoms with E-state index in [2.05, 4.69) is 20.4 Å². The van der Waals surface area contributed by atoms with Gasteiger partial charge in [0.25, 0.3) is 0 Å². The number of benzene rings is 1. The van der Waals surface area contributed by atoms with Gasteiger partial charge in [-0.2, -0.15) is 10.4 Å². The van der Waals surface area contributed by atoms with Crippen molar-refractivity contribution in [1.82, 2.24) is 25.1 Å². The van der Waals surface area contributed by atoms with Crippen LogP contribution < -0.4 is 5.32 Å². The molecule has 4 rings (SSSR count). The predicted octanol–water partition coefficient (Wildman–Crippen LogP) is 1.64. The molecule has 0 spiro atoms. The number of esters is 1. The van der Waals surface area contributed by atoms with Gasteiger partial charge in [-0.3, -0.25) is 0 Å². The maximum Gasteiger partial charge on any atom is 0.338 e. The number of ether oxygens (including phenoxy) is 1. The molecule has 30 heavy (non-hydrogen) atoms. The third-order valence-corrected chi connectivity index (χ3v) is 5.13. The number of nitrogens with zero attached hydrogens (tertiary/aromatic N) is 5. The summed E-state index contributed by atoms with van der Waals surface area (Å²) < 4.78 is 6.53. The number of aromatic nitrogens is 4. The summed E-state index contributed by atoms with van der Waals surface area (Å²) in [6, 6.07) is 5.50. The number of hydrogen-bond donors (Lipinski definition) is 2. The Morgan fingerprint density at radius 2 is 2.10 bits per heavy atom. The molecular formula is C21H20N6O3. The van der Waals surface area contributed by atoms with Crippen molar-refractivity contribution >= 4 is 5.97 Å². The van der Waals surface area contributed by atoms with E-state index in [0.717, 1.165) is 27.8 Å². The molecule has 2 N–H and O–H groups in total. The van der Waals surface area contributed by atoms with Crippen molar-refractivity contribution in [3.63, 3.8) is 0 Å². The largest absolute Gasteiger partial charge is 0.457 e. The minimum absolute atomic E-state index is 0.253. The number of nitrogens with one attached hydrogen (secondary N) is 1. The third-order valence-electron chi connectivity index (χ3n) is 5.13. The lowest BCUT2D eigenvalue weighted by atomic mass is 9.95. The van der Waals surface area contributed by atoms with Gasteiger partial charge in [-0.05, 0) is 31.0 Å². The summed E-state index contributed by atoms with van der Waals surface area (Å²) >= 11 is 0. The molecule has 0 bridgehead atoms. The number of fused-ring (bicyclic) bond motifs is 1. The first kappa shape index (κ1) is 19.7. The van der Waals surface area contributed by atoms with Crippen LogP contribution in [-0.2, 0) is 17.9 Å². The molecule has 0 saturated heterocycles. The van der Waals surface area contributed by atoms with E-state index in [9.17, 15) is 9.90 Å². The lowest BCUT2D eigenvalue weighted by Gasteiger charge is -2.16. The van der Waals surface area contributed by atoms with Crippen molar-refractivity contribution in [3.8, 4) is 12.0 Å². The van der Waals surface area contributed by atoms with Crippen LogP contribution in [0.4, 0.5) is 0 Å². The van der Waals surface area contributed by atoms with E-state index in [0.29, 0.717) is 30.3 Å². The molecule has 9 nitrogen and oxygen atoms in total. The number of aryl methyl sites for hydroxylation is 1. The van der Waals surface area contributed by atoms with Gasteiger partial charge in [0.15, 0.2) is 5.69 Å². The zero-order valence-electron chi connectivity index (χ0n) is 16.6. The Labute approximate surface area is 173 Å². The molecule has 1 unspecified atom stereocenters. The van der Waals surface area contributed by atoms with Crippen LogP contribution in [0.1, 0.15) is 50.0 Å². The van der Waals surface area contributed by atoms with E-state index in [1.807, 2.05) is 13.0 Å². The Kier molecular flexibility index (Phi) is 5.27. The Morgan fingerprint density at radius 1 is 1.33 bits per heavy atom. The highest BCUT2D eigenvalue weighted by Gasteiger charge is 2.25. The monoisotopic (exact) mass is 404 g/mol. The van der Waals surface area contributed by atoms with Gasteiger partial charge in [-0.25, -0.2) is 19.4 Å². The molecule has 1 aliphatic rings. The second kappa shape index (κ2) is 8.02. The number of nitriles is 1. The standard InChI is InChI=1S/C21H20N6O3/c1-12-10-27(26-18(12)5-22)21-24-7-14(8-25-21)6-23-9-19(28)15-3-4-16-17(13(15)2)11-30-20(16)29/h3-4,7-8,10,19,23,28H,6,9,11H2,1-2H3. The van der Waals surface area contributed by atoms with Crippen LogP contribution in [0.3, 0.4) is 0 Å². The van der Waals surface area contributed by atoms with Crippen molar-refractivity contribution in [2.45, 2.75) is 33.1 Å². The van der Waals surface area contributed by atoms with Gasteiger partial charge < -0.3 is 15.2 Å². The van der Waals surface area contributed by atoms with E-state index in [-0.39, 0.29) is 12.6 Å². The third kappa shape index (κ3) is 3.66. The maximum absolute atomic E-state index is 11.6. The second-order valence-corrected chi connectivity index (χ2v) is 7.14. The SMILES string of the molecule is Cc1cn(-c2ncc(CNCC(O)c3ccc4c(c3C)COC4=O)cn2)nc1C#N. The van der Waals surface area contributed by atoms with Crippen LogP contribution in [-0.4, -0.2) is 37.4 Å². The summed E-state index contributed by atoms with van der Waals surface area (Å²) in [7, 11) is 0. The van der Waals surface area contributed by atoms with Gasteiger partial charge in [0, 0.05) is 48.4 Å². The Balaban J connectivity index is 1.36. The molecule has 0 amide bonds. The van der Waals surface area contributed by atoms with E-state index >= 15 is 0 Å². The number of carbonyl (C=O) groups is 1. The van der Waals surface area contributed by atoms with Crippen LogP contribution in [0.25, 0.3) is 5.95 Å². The molecule has 0 fully saturated rings. The molecular weight excluding hydrogens is 384 g/mol.